The molecule has 19 nitrogen and oxygen atoms in total. The maximum atomic E-state index is 14.6. The van der Waals surface area contributed by atoms with Crippen molar-refractivity contribution >= 4 is 58.0 Å². The van der Waals surface area contributed by atoms with Crippen molar-refractivity contribution in [3.05, 3.63) is 82.9 Å². The Bertz CT molecular complexity index is 2570. The maximum Gasteiger partial charge on any atom is 0.251 e. The van der Waals surface area contributed by atoms with E-state index in [4.69, 9.17) is 0 Å². The van der Waals surface area contributed by atoms with Crippen molar-refractivity contribution in [3.8, 4) is 0 Å². The molecular weight excluding hydrogens is 969 g/mol. The van der Waals surface area contributed by atoms with Crippen molar-refractivity contribution < 1.29 is 43.5 Å². The summed E-state index contributed by atoms with van der Waals surface area (Å²) in [6.07, 6.45) is 6.86. The van der Waals surface area contributed by atoms with Gasteiger partial charge in [0, 0.05) is 36.3 Å². The maximum absolute atomic E-state index is 14.6. The largest absolute Gasteiger partial charge is 0.394 e. The molecule has 3 aromatic carbocycles. The molecule has 0 unspecified atom stereocenters. The topological polar surface area (TPSA) is 268 Å². The van der Waals surface area contributed by atoms with Crippen LogP contribution in [-0.4, -0.2) is 139 Å². The number of nitrogens with one attached hydrogen (secondary N) is 9. The molecule has 0 bridgehead atoms. The van der Waals surface area contributed by atoms with Gasteiger partial charge < -0.3 is 57.9 Å². The molecule has 2 fully saturated rings. The predicted molar refractivity (Wildman–Crippen MR) is 291 cm³/mol. The van der Waals surface area contributed by atoms with Crippen LogP contribution < -0.4 is 47.9 Å². The van der Waals surface area contributed by atoms with E-state index >= 15 is 0 Å². The molecule has 1 heterocycles. The van der Waals surface area contributed by atoms with E-state index in [9.17, 15) is 43.5 Å². The summed E-state index contributed by atoms with van der Waals surface area (Å²) in [6, 6.07) is 11.3. The van der Waals surface area contributed by atoms with E-state index in [-0.39, 0.29) is 60.8 Å². The summed E-state index contributed by atoms with van der Waals surface area (Å²) < 4.78 is 0. The summed E-state index contributed by atoms with van der Waals surface area (Å²) in [5, 5.41) is 37.3. The Morgan fingerprint density at radius 1 is 0.684 bits per heavy atom. The minimum Gasteiger partial charge on any atom is -0.394 e. The Morgan fingerprint density at radius 2 is 1.33 bits per heavy atom. The number of carbonyl (C=O) groups excluding carboxylic acids is 8. The summed E-state index contributed by atoms with van der Waals surface area (Å²) in [4.78, 5) is 112. The van der Waals surface area contributed by atoms with Gasteiger partial charge in [-0.1, -0.05) is 90.3 Å². The number of rotatable bonds is 21. The second-order valence-electron chi connectivity index (χ2n) is 22.4. The van der Waals surface area contributed by atoms with Crippen molar-refractivity contribution in [2.24, 2.45) is 17.3 Å². The van der Waals surface area contributed by atoms with Crippen LogP contribution in [0.15, 0.2) is 60.7 Å². The van der Waals surface area contributed by atoms with Gasteiger partial charge in [-0.2, -0.15) is 0 Å². The van der Waals surface area contributed by atoms with E-state index in [1.54, 1.807) is 50.4 Å². The molecule has 10 N–H and O–H groups in total. The number of likely N-dealkylation sites (N-methyl/N-ethyl adjacent to an activating group) is 2. The van der Waals surface area contributed by atoms with Gasteiger partial charge in [0.05, 0.1) is 18.7 Å². The lowest BCUT2D eigenvalue weighted by molar-refractivity contribution is -0.144. The summed E-state index contributed by atoms with van der Waals surface area (Å²) in [5.74, 6) is -3.78. The van der Waals surface area contributed by atoms with Crippen molar-refractivity contribution in [2.75, 3.05) is 33.8 Å². The Labute approximate surface area is 447 Å². The molecule has 19 heteroatoms. The van der Waals surface area contributed by atoms with Gasteiger partial charge in [-0.25, -0.2) is 0 Å². The van der Waals surface area contributed by atoms with Crippen LogP contribution in [0.1, 0.15) is 138 Å². The number of hydrogen-bond acceptors (Lipinski definition) is 11. The lowest BCUT2D eigenvalue weighted by Gasteiger charge is -2.36. The fourth-order valence-electron chi connectivity index (χ4n) is 10.3. The second-order valence-corrected chi connectivity index (χ2v) is 22.4. The quantitative estimate of drug-likeness (QED) is 0.0742. The number of fused-ring (bicyclic) bond motifs is 2. The molecule has 1 saturated heterocycles. The Morgan fingerprint density at radius 3 is 1.95 bits per heavy atom. The van der Waals surface area contributed by atoms with Gasteiger partial charge in [0.2, 0.25) is 35.4 Å². The van der Waals surface area contributed by atoms with Gasteiger partial charge in [-0.15, -0.1) is 0 Å². The van der Waals surface area contributed by atoms with Gasteiger partial charge in [0.25, 0.3) is 11.8 Å². The van der Waals surface area contributed by atoms with Crippen molar-refractivity contribution in [1.82, 2.24) is 52.8 Å². The molecule has 8 amide bonds. The fraction of sp³-hybridized carbons (Fsp3) is 0.579. The predicted octanol–water partition coefficient (Wildman–Crippen LogP) is 2.89. The highest BCUT2D eigenvalue weighted by molar-refractivity contribution is 6.03. The monoisotopic (exact) mass is 1050 g/mol. The second kappa shape index (κ2) is 26.6. The number of aliphatic hydroxyl groups excluding tert-OH is 1. The van der Waals surface area contributed by atoms with E-state index in [0.717, 1.165) is 44.1 Å². The van der Waals surface area contributed by atoms with Gasteiger partial charge in [-0.05, 0) is 130 Å². The molecule has 2 aliphatic carbocycles. The van der Waals surface area contributed by atoms with E-state index < -0.39 is 89.8 Å². The van der Waals surface area contributed by atoms with E-state index in [1.807, 2.05) is 59.7 Å². The summed E-state index contributed by atoms with van der Waals surface area (Å²) in [7, 11) is 3.19. The Balaban J connectivity index is 1.16. The highest BCUT2D eigenvalue weighted by Gasteiger charge is 2.46. The Hall–Kier alpha value is -6.44. The number of aryl methyl sites for hydroxylation is 1. The first kappa shape index (κ1) is 58.8. The van der Waals surface area contributed by atoms with Crippen molar-refractivity contribution in [3.63, 3.8) is 0 Å². The first-order chi connectivity index (χ1) is 36.1. The van der Waals surface area contributed by atoms with Crippen LogP contribution in [0, 0.1) is 17.3 Å². The third-order valence-electron chi connectivity index (χ3n) is 15.5. The van der Waals surface area contributed by atoms with Crippen molar-refractivity contribution in [2.45, 2.75) is 161 Å². The average Bonchev–Trinajstić information content (AvgIpc) is 3.84. The molecule has 414 valence electrons. The minimum atomic E-state index is -1.20. The van der Waals surface area contributed by atoms with E-state index in [0.29, 0.717) is 29.2 Å². The molecule has 3 aliphatic rings. The van der Waals surface area contributed by atoms with Crippen LogP contribution in [0.4, 0.5) is 0 Å². The van der Waals surface area contributed by atoms with Crippen LogP contribution in [0.2, 0.25) is 0 Å². The molecule has 0 spiro atoms. The van der Waals surface area contributed by atoms with Gasteiger partial charge in [0.1, 0.15) is 30.2 Å². The number of nitrogens with zero attached hydrogens (tertiary/aromatic N) is 1. The lowest BCUT2D eigenvalue weighted by atomic mass is 9.83. The number of likely N-dealkylation sites (tertiary alicyclic amines) is 1. The highest BCUT2D eigenvalue weighted by atomic mass is 16.3. The number of benzene rings is 3. The van der Waals surface area contributed by atoms with Crippen molar-refractivity contribution in [1.29, 1.82) is 0 Å². The Kier molecular flexibility index (Phi) is 20.5. The summed E-state index contributed by atoms with van der Waals surface area (Å²) >= 11 is 0. The third kappa shape index (κ3) is 14.9. The summed E-state index contributed by atoms with van der Waals surface area (Å²) in [6.45, 7) is 12.3. The molecule has 0 aromatic heterocycles. The van der Waals surface area contributed by atoms with E-state index in [1.165, 1.54) is 17.5 Å². The van der Waals surface area contributed by atoms with Gasteiger partial charge >= 0.3 is 0 Å². The number of hydrogen-bond donors (Lipinski definition) is 10. The number of carbonyl (C=O) groups is 8. The molecule has 9 atom stereocenters. The fourth-order valence-corrected chi connectivity index (χ4v) is 10.3. The molecule has 76 heavy (non-hydrogen) atoms. The van der Waals surface area contributed by atoms with E-state index in [2.05, 4.69) is 53.9 Å². The zero-order valence-electron chi connectivity index (χ0n) is 45.8. The van der Waals surface area contributed by atoms with Crippen LogP contribution >= 0.6 is 0 Å². The van der Waals surface area contributed by atoms with Gasteiger partial charge in [0.15, 0.2) is 0 Å². The zero-order valence-corrected chi connectivity index (χ0v) is 45.8. The molecule has 3 aromatic rings. The number of amides is 8. The SMILES string of the molecule is CN[C@@H](C)C(=O)N[C@H](C(=O)N1C[C@@H](NC(=O)c2ccc3cc(C(=O)NC[C@H](NC(=O)[C@@H](NC(=O)[C@H](CO)NC)C4CCCCC4)C(=O)N[C@H](C)C(C)C)ccc3c2)C[C@@H]1C(=O)N[C@@H]1CCCc2ccccc21)C(C)(C)C. The minimum absolute atomic E-state index is 0.0301. The van der Waals surface area contributed by atoms with Crippen LogP contribution in [0.3, 0.4) is 0 Å². The van der Waals surface area contributed by atoms with Crippen LogP contribution in [0.25, 0.3) is 10.8 Å². The molecular formula is C57H82N10O9. The molecule has 6 rings (SSSR count). The van der Waals surface area contributed by atoms with Gasteiger partial charge in [-0.3, -0.25) is 38.4 Å². The normalized spacial score (nSPS) is 20.2. The van der Waals surface area contributed by atoms with Crippen LogP contribution in [-0.2, 0) is 35.2 Å². The first-order valence-corrected chi connectivity index (χ1v) is 27.1. The standard InChI is InChI=1S/C57H82N10O9/c1-32(2)33(3)61-52(72)44(64-55(75)47(36-17-11-10-12-18-36)65-53(73)45(31-68)59-9)29-60-50(70)39-24-22-38-27-40(25-23-37(38)26-39)51(71)62-41-28-46(54(74)63-43-21-15-19-35-16-13-14-20-42(35)43)67(30-41)56(76)48(57(5,6)7)66-49(69)34(4)58-8/h13-14,16,20,22-27,32-34,36,41,43-48,58-59,68H,10-12,15,17-19,21,28-31H2,1-9H3,(H,60,70)(H,61,72)(H,62,71)(H,63,74)(H,64,75)(H,65,73)(H,66,69)/t33-,34+,41+,43-,44+,45+,46-,47+,48-/m1/s1. The summed E-state index contributed by atoms with van der Waals surface area (Å²) in [5.41, 5.74) is 2.07. The smallest absolute Gasteiger partial charge is 0.251 e. The first-order valence-electron chi connectivity index (χ1n) is 27.1. The lowest BCUT2D eigenvalue weighted by Crippen LogP contribution is -2.61. The zero-order chi connectivity index (χ0) is 55.4. The van der Waals surface area contributed by atoms with Crippen LogP contribution in [0.5, 0.6) is 0 Å². The highest BCUT2D eigenvalue weighted by Crippen LogP contribution is 2.32. The average molecular weight is 1050 g/mol. The molecule has 0 radical (unpaired) electrons. The number of aliphatic hydroxyl groups is 1. The molecule has 1 saturated carbocycles. The third-order valence-corrected chi connectivity index (χ3v) is 15.5. The molecule has 1 aliphatic heterocycles.